The van der Waals surface area contributed by atoms with Gasteiger partial charge in [-0.05, 0) is 24.1 Å². The van der Waals surface area contributed by atoms with Crippen molar-refractivity contribution in [2.75, 3.05) is 5.32 Å². The van der Waals surface area contributed by atoms with Gasteiger partial charge < -0.3 is 10.4 Å². The van der Waals surface area contributed by atoms with Gasteiger partial charge in [-0.25, -0.2) is 18.3 Å². The fourth-order valence-electron chi connectivity index (χ4n) is 1.57. The summed E-state index contributed by atoms with van der Waals surface area (Å²) in [6, 6.07) is 2.76. The summed E-state index contributed by atoms with van der Waals surface area (Å²) in [6.45, 7) is 0. The number of halogens is 1. The Morgan fingerprint density at radius 3 is 2.79 bits per heavy atom. The first-order valence-electron chi connectivity index (χ1n) is 5.04. The van der Waals surface area contributed by atoms with Crippen molar-refractivity contribution in [1.29, 1.82) is 0 Å². The highest BCUT2D eigenvalue weighted by Gasteiger charge is 2.23. The number of carboxylic acids is 1. The van der Waals surface area contributed by atoms with Crippen LogP contribution in [0.4, 0.5) is 5.69 Å². The lowest BCUT2D eigenvalue weighted by Gasteiger charge is -2.26. The third-order valence-corrected chi connectivity index (χ3v) is 4.70. The summed E-state index contributed by atoms with van der Waals surface area (Å²) in [4.78, 5) is 11.0. The number of primary sulfonamides is 1. The first kappa shape index (κ1) is 14.4. The lowest BCUT2D eigenvalue weighted by atomic mass is 10.2. The Kier molecular flexibility index (Phi) is 3.92. The molecule has 1 atom stereocenters. The molecule has 0 radical (unpaired) electrons. The summed E-state index contributed by atoms with van der Waals surface area (Å²) < 4.78 is 25.5. The molecule has 1 aromatic carbocycles. The molecule has 1 heterocycles. The summed E-state index contributed by atoms with van der Waals surface area (Å²) in [5.74, 6) is -0.957. The second-order valence-corrected chi connectivity index (χ2v) is 6.66. The molecule has 7 nitrogen and oxygen atoms in total. The lowest BCUT2D eigenvalue weighted by Crippen LogP contribution is -2.37. The number of nitrogens with two attached hydrogens (primary N) is 1. The van der Waals surface area contributed by atoms with Gasteiger partial charge in [0.15, 0.2) is 0 Å². The van der Waals surface area contributed by atoms with Crippen LogP contribution >= 0.6 is 23.5 Å². The Bertz CT molecular complexity index is 635. The van der Waals surface area contributed by atoms with E-state index < -0.39 is 22.2 Å². The van der Waals surface area contributed by atoms with Gasteiger partial charge in [0, 0.05) is 4.90 Å². The van der Waals surface area contributed by atoms with E-state index in [2.05, 4.69) is 10.0 Å². The summed E-state index contributed by atoms with van der Waals surface area (Å²) >= 11 is 6.98. The summed E-state index contributed by atoms with van der Waals surface area (Å²) in [5.41, 5.74) is 0.562. The molecule has 1 unspecified atom stereocenters. The van der Waals surface area contributed by atoms with E-state index in [0.717, 1.165) is 11.9 Å². The lowest BCUT2D eigenvalue weighted by molar-refractivity contribution is -0.137. The second kappa shape index (κ2) is 5.17. The van der Waals surface area contributed by atoms with Crippen LogP contribution in [0.5, 0.6) is 0 Å². The molecule has 1 aliphatic heterocycles. The zero-order valence-electron chi connectivity index (χ0n) is 9.38. The van der Waals surface area contributed by atoms with E-state index in [1.54, 1.807) is 0 Å². The van der Waals surface area contributed by atoms with E-state index in [9.17, 15) is 13.2 Å². The van der Waals surface area contributed by atoms with Crippen LogP contribution in [0.25, 0.3) is 0 Å². The maximum Gasteiger partial charge on any atom is 0.306 e. The van der Waals surface area contributed by atoms with Crippen LogP contribution in [-0.2, 0) is 14.8 Å². The Morgan fingerprint density at radius 1 is 1.53 bits per heavy atom. The highest BCUT2D eigenvalue weighted by atomic mass is 35.5. The van der Waals surface area contributed by atoms with Crippen LogP contribution in [-0.4, -0.2) is 25.7 Å². The van der Waals surface area contributed by atoms with Crippen molar-refractivity contribution < 1.29 is 18.3 Å². The largest absolute Gasteiger partial charge is 0.481 e. The van der Waals surface area contributed by atoms with Gasteiger partial charge in [-0.1, -0.05) is 11.6 Å². The Morgan fingerprint density at radius 2 is 2.21 bits per heavy atom. The summed E-state index contributed by atoms with van der Waals surface area (Å²) in [6.07, 6.45) is -0.590. The predicted molar refractivity (Wildman–Crippen MR) is 71.5 cm³/mol. The minimum Gasteiger partial charge on any atom is -0.481 e. The van der Waals surface area contributed by atoms with Gasteiger partial charge in [-0.2, -0.15) is 0 Å². The molecule has 2 rings (SSSR count). The molecular weight excluding hydrogens is 314 g/mol. The molecule has 0 fully saturated rings. The van der Waals surface area contributed by atoms with Gasteiger partial charge in [0.25, 0.3) is 0 Å². The van der Waals surface area contributed by atoms with Crippen LogP contribution < -0.4 is 15.2 Å². The molecule has 5 N–H and O–H groups in total. The molecule has 0 aromatic heterocycles. The smallest absolute Gasteiger partial charge is 0.306 e. The topological polar surface area (TPSA) is 122 Å². The highest BCUT2D eigenvalue weighted by molar-refractivity contribution is 7.97. The molecule has 19 heavy (non-hydrogen) atoms. The van der Waals surface area contributed by atoms with Gasteiger partial charge in [0.2, 0.25) is 10.0 Å². The Balaban J connectivity index is 2.34. The number of rotatable bonds is 3. The van der Waals surface area contributed by atoms with Crippen LogP contribution in [0.3, 0.4) is 0 Å². The van der Waals surface area contributed by atoms with Crippen molar-refractivity contribution in [2.45, 2.75) is 22.4 Å². The molecule has 0 saturated carbocycles. The first-order valence-corrected chi connectivity index (χ1v) is 7.78. The predicted octanol–water partition coefficient (Wildman–Crippen LogP) is 0.810. The van der Waals surface area contributed by atoms with Crippen LogP contribution in [0.1, 0.15) is 6.42 Å². The van der Waals surface area contributed by atoms with Crippen molar-refractivity contribution in [1.82, 2.24) is 4.72 Å². The summed E-state index contributed by atoms with van der Waals surface area (Å²) in [5, 5.41) is 16.7. The zero-order valence-corrected chi connectivity index (χ0v) is 11.8. The van der Waals surface area contributed by atoms with Gasteiger partial charge in [0.1, 0.15) is 4.90 Å². The Hall–Kier alpha value is -1.00. The number of hydrogen-bond acceptors (Lipinski definition) is 6. The van der Waals surface area contributed by atoms with Gasteiger partial charge in [0.05, 0.1) is 23.3 Å². The average molecular weight is 324 g/mol. The third kappa shape index (κ3) is 3.31. The van der Waals surface area contributed by atoms with Gasteiger partial charge >= 0.3 is 5.97 Å². The van der Waals surface area contributed by atoms with E-state index in [-0.39, 0.29) is 16.3 Å². The van der Waals surface area contributed by atoms with Crippen molar-refractivity contribution in [3.05, 3.63) is 17.2 Å². The van der Waals surface area contributed by atoms with Crippen molar-refractivity contribution in [3.63, 3.8) is 0 Å². The molecule has 104 valence electrons. The summed E-state index contributed by atoms with van der Waals surface area (Å²) in [7, 11) is -3.89. The SMILES string of the molecule is NS(=O)(=O)c1cc2c(cc1Cl)NC(CC(=O)O)NS2. The fourth-order valence-corrected chi connectivity index (χ4v) is 3.56. The van der Waals surface area contributed by atoms with Crippen molar-refractivity contribution in [3.8, 4) is 0 Å². The van der Waals surface area contributed by atoms with Gasteiger partial charge in [-0.15, -0.1) is 0 Å². The monoisotopic (exact) mass is 323 g/mol. The number of carbonyl (C=O) groups is 1. The first-order chi connectivity index (χ1) is 8.77. The van der Waals surface area contributed by atoms with Gasteiger partial charge in [-0.3, -0.25) is 4.79 Å². The van der Waals surface area contributed by atoms with Crippen molar-refractivity contribution in [2.24, 2.45) is 5.14 Å². The standard InChI is InChI=1S/C9H10ClN3O4S2/c10-4-1-5-6(2-7(4)19(11,16)17)18-13-8(12-5)3-9(14)15/h1-2,8,12-13H,3H2,(H,14,15)(H2,11,16,17). The number of benzene rings is 1. The van der Waals surface area contributed by atoms with Crippen LogP contribution in [0, 0.1) is 0 Å². The normalized spacial score (nSPS) is 18.5. The molecule has 0 aliphatic carbocycles. The number of sulfonamides is 1. The van der Waals surface area contributed by atoms with Crippen molar-refractivity contribution >= 4 is 45.2 Å². The van der Waals surface area contributed by atoms with E-state index in [4.69, 9.17) is 21.8 Å². The zero-order chi connectivity index (χ0) is 14.2. The van der Waals surface area contributed by atoms with E-state index in [0.29, 0.717) is 10.6 Å². The molecule has 1 aliphatic rings. The average Bonchev–Trinajstić information content (AvgIpc) is 2.25. The number of anilines is 1. The minimum atomic E-state index is -3.89. The minimum absolute atomic E-state index is 0.00896. The van der Waals surface area contributed by atoms with E-state index in [1.165, 1.54) is 12.1 Å². The number of hydrogen-bond donors (Lipinski definition) is 4. The maximum atomic E-state index is 11.3. The Labute approximate surface area is 118 Å². The molecular formula is C9H10ClN3O4S2. The number of carboxylic acid groups (broad SMARTS) is 1. The quantitative estimate of drug-likeness (QED) is 0.607. The molecule has 0 saturated heterocycles. The highest BCUT2D eigenvalue weighted by Crippen LogP contribution is 2.36. The number of fused-ring (bicyclic) bond motifs is 1. The van der Waals surface area contributed by atoms with Crippen LogP contribution in [0.2, 0.25) is 5.02 Å². The molecule has 0 bridgehead atoms. The molecule has 10 heteroatoms. The van der Waals surface area contributed by atoms with E-state index in [1.807, 2.05) is 0 Å². The third-order valence-electron chi connectivity index (χ3n) is 2.36. The number of aliphatic carboxylic acids is 1. The maximum absolute atomic E-state index is 11.3. The second-order valence-electron chi connectivity index (χ2n) is 3.84. The van der Waals surface area contributed by atoms with Crippen LogP contribution in [0.15, 0.2) is 21.9 Å². The molecule has 1 aromatic rings. The molecule has 0 amide bonds. The fraction of sp³-hybridized carbons (Fsp3) is 0.222. The molecule has 0 spiro atoms. The van der Waals surface area contributed by atoms with E-state index >= 15 is 0 Å². The number of nitrogens with one attached hydrogen (secondary N) is 2.